The standard InChI is InChI=1S/C13H21NO/c1-3-12-5-10-4-11(2,7-12)8-13(6-10,9-12)14-15/h10H,3-9H2,1-2H3. The molecule has 15 heavy (non-hydrogen) atoms. The molecule has 4 aliphatic rings. The molecule has 0 spiro atoms. The lowest BCUT2D eigenvalue weighted by atomic mass is 9.42. The van der Waals surface area contributed by atoms with Crippen molar-refractivity contribution in [1.82, 2.24) is 0 Å². The predicted octanol–water partition coefficient (Wildman–Crippen LogP) is 3.89. The Morgan fingerprint density at radius 2 is 2.00 bits per heavy atom. The van der Waals surface area contributed by atoms with Crippen LogP contribution in [0.15, 0.2) is 5.18 Å². The molecule has 84 valence electrons. The lowest BCUT2D eigenvalue weighted by Gasteiger charge is -2.63. The van der Waals surface area contributed by atoms with Crippen molar-refractivity contribution in [1.29, 1.82) is 0 Å². The van der Waals surface area contributed by atoms with Gasteiger partial charge < -0.3 is 0 Å². The molecule has 2 heteroatoms. The van der Waals surface area contributed by atoms with Crippen LogP contribution >= 0.6 is 0 Å². The molecule has 2 nitrogen and oxygen atoms in total. The Morgan fingerprint density at radius 1 is 1.20 bits per heavy atom. The van der Waals surface area contributed by atoms with Crippen molar-refractivity contribution in [3.63, 3.8) is 0 Å². The highest BCUT2D eigenvalue weighted by Crippen LogP contribution is 2.68. The van der Waals surface area contributed by atoms with Gasteiger partial charge in [0.25, 0.3) is 0 Å². The van der Waals surface area contributed by atoms with Crippen LogP contribution in [0, 0.1) is 21.7 Å². The first-order valence-electron chi connectivity index (χ1n) is 6.37. The maximum absolute atomic E-state index is 11.2. The fourth-order valence-electron chi connectivity index (χ4n) is 5.58. The van der Waals surface area contributed by atoms with E-state index >= 15 is 0 Å². The molecule has 4 saturated carbocycles. The van der Waals surface area contributed by atoms with Crippen molar-refractivity contribution in [2.75, 3.05) is 0 Å². The van der Waals surface area contributed by atoms with Gasteiger partial charge in [0, 0.05) is 0 Å². The first-order valence-corrected chi connectivity index (χ1v) is 6.37. The van der Waals surface area contributed by atoms with E-state index in [0.717, 1.165) is 25.2 Å². The molecule has 4 unspecified atom stereocenters. The number of nitroso groups, excluding NO2 is 1. The highest BCUT2D eigenvalue weighted by molar-refractivity contribution is 5.14. The summed E-state index contributed by atoms with van der Waals surface area (Å²) in [4.78, 5) is 11.2. The summed E-state index contributed by atoms with van der Waals surface area (Å²) in [5.74, 6) is 0.795. The molecular formula is C13H21NO. The summed E-state index contributed by atoms with van der Waals surface area (Å²) in [7, 11) is 0. The van der Waals surface area contributed by atoms with Gasteiger partial charge in [0.05, 0.1) is 0 Å². The van der Waals surface area contributed by atoms with Crippen LogP contribution in [0.3, 0.4) is 0 Å². The summed E-state index contributed by atoms with van der Waals surface area (Å²) in [5, 5.41) is 3.57. The molecule has 0 aromatic rings. The molecule has 4 fully saturated rings. The van der Waals surface area contributed by atoms with Crippen LogP contribution in [-0.4, -0.2) is 5.54 Å². The predicted molar refractivity (Wildman–Crippen MR) is 60.5 cm³/mol. The van der Waals surface area contributed by atoms with Gasteiger partial charge in [0.1, 0.15) is 5.54 Å². The second-order valence-corrected chi connectivity index (χ2v) is 6.99. The Morgan fingerprint density at radius 3 is 2.60 bits per heavy atom. The monoisotopic (exact) mass is 207 g/mol. The third-order valence-corrected chi connectivity index (χ3v) is 5.38. The molecule has 0 N–H and O–H groups in total. The van der Waals surface area contributed by atoms with Crippen molar-refractivity contribution in [2.45, 2.75) is 64.3 Å². The Bertz CT molecular complexity index is 316. The lowest BCUT2D eigenvalue weighted by Crippen LogP contribution is -2.58. The van der Waals surface area contributed by atoms with Crippen LogP contribution in [0.1, 0.15) is 58.8 Å². The van der Waals surface area contributed by atoms with Crippen LogP contribution in [0.2, 0.25) is 0 Å². The SMILES string of the molecule is CCC12CC3CC(C)(C1)CC(N=O)(C3)C2. The van der Waals surface area contributed by atoms with Crippen LogP contribution in [0.5, 0.6) is 0 Å². The van der Waals surface area contributed by atoms with E-state index in [-0.39, 0.29) is 5.54 Å². The Kier molecular flexibility index (Phi) is 1.72. The molecule has 0 aliphatic heterocycles. The number of hydrogen-bond donors (Lipinski definition) is 0. The highest BCUT2D eigenvalue weighted by atomic mass is 16.3. The van der Waals surface area contributed by atoms with Gasteiger partial charge in [-0.3, -0.25) is 0 Å². The summed E-state index contributed by atoms with van der Waals surface area (Å²) in [6.45, 7) is 4.69. The Labute approximate surface area is 91.8 Å². The van der Waals surface area contributed by atoms with Gasteiger partial charge in [0.2, 0.25) is 0 Å². The molecule has 0 heterocycles. The van der Waals surface area contributed by atoms with Crippen molar-refractivity contribution < 1.29 is 0 Å². The topological polar surface area (TPSA) is 29.4 Å². The minimum Gasteiger partial charge on any atom is -0.150 e. The molecule has 4 rings (SSSR count). The quantitative estimate of drug-likeness (QED) is 0.631. The van der Waals surface area contributed by atoms with Crippen molar-refractivity contribution in [3.8, 4) is 0 Å². The first kappa shape index (κ1) is 9.80. The third-order valence-electron chi connectivity index (χ3n) is 5.38. The fourth-order valence-corrected chi connectivity index (χ4v) is 5.58. The van der Waals surface area contributed by atoms with Crippen LogP contribution in [0.25, 0.3) is 0 Å². The summed E-state index contributed by atoms with van der Waals surface area (Å²) in [6.07, 6.45) is 8.57. The van der Waals surface area contributed by atoms with E-state index < -0.39 is 0 Å². The van der Waals surface area contributed by atoms with Crippen LogP contribution < -0.4 is 0 Å². The van der Waals surface area contributed by atoms with E-state index in [1.165, 1.54) is 25.7 Å². The van der Waals surface area contributed by atoms with E-state index in [4.69, 9.17) is 0 Å². The average Bonchev–Trinajstić information content (AvgIpc) is 2.14. The second-order valence-electron chi connectivity index (χ2n) is 6.99. The minimum atomic E-state index is -0.163. The molecular weight excluding hydrogens is 186 g/mol. The van der Waals surface area contributed by atoms with Gasteiger partial charge in [-0.15, -0.1) is 0 Å². The van der Waals surface area contributed by atoms with Gasteiger partial charge >= 0.3 is 0 Å². The zero-order chi connectivity index (χ0) is 10.7. The van der Waals surface area contributed by atoms with Gasteiger partial charge in [-0.2, -0.15) is 4.91 Å². The summed E-state index contributed by atoms with van der Waals surface area (Å²) >= 11 is 0. The van der Waals surface area contributed by atoms with E-state index in [1.54, 1.807) is 0 Å². The maximum Gasteiger partial charge on any atom is 0.104 e. The Hall–Kier alpha value is -0.400. The summed E-state index contributed by atoms with van der Waals surface area (Å²) in [5.41, 5.74) is 0.746. The molecule has 4 bridgehead atoms. The molecule has 4 aliphatic carbocycles. The Balaban J connectivity index is 2.03. The molecule has 0 amide bonds. The van der Waals surface area contributed by atoms with Crippen molar-refractivity contribution in [2.24, 2.45) is 21.9 Å². The molecule has 0 aromatic heterocycles. The molecule has 0 saturated heterocycles. The third kappa shape index (κ3) is 1.23. The molecule has 0 radical (unpaired) electrons. The fraction of sp³-hybridized carbons (Fsp3) is 1.00. The minimum absolute atomic E-state index is 0.163. The molecule has 0 aromatic carbocycles. The summed E-state index contributed by atoms with van der Waals surface area (Å²) < 4.78 is 0. The highest BCUT2D eigenvalue weighted by Gasteiger charge is 2.62. The van der Waals surface area contributed by atoms with Gasteiger partial charge in [0.15, 0.2) is 0 Å². The smallest absolute Gasteiger partial charge is 0.104 e. The largest absolute Gasteiger partial charge is 0.150 e. The maximum atomic E-state index is 11.2. The van der Waals surface area contributed by atoms with Crippen molar-refractivity contribution in [3.05, 3.63) is 4.91 Å². The zero-order valence-electron chi connectivity index (χ0n) is 9.88. The summed E-state index contributed by atoms with van der Waals surface area (Å²) in [6, 6.07) is 0. The average molecular weight is 207 g/mol. The zero-order valence-corrected chi connectivity index (χ0v) is 9.88. The van der Waals surface area contributed by atoms with E-state index in [0.29, 0.717) is 10.8 Å². The van der Waals surface area contributed by atoms with Gasteiger partial charge in [-0.1, -0.05) is 25.4 Å². The number of hydrogen-bond acceptors (Lipinski definition) is 2. The second kappa shape index (κ2) is 2.64. The van der Waals surface area contributed by atoms with E-state index in [2.05, 4.69) is 19.0 Å². The van der Waals surface area contributed by atoms with E-state index in [1.807, 2.05) is 0 Å². The molecule has 4 atom stereocenters. The van der Waals surface area contributed by atoms with E-state index in [9.17, 15) is 4.91 Å². The van der Waals surface area contributed by atoms with Gasteiger partial charge in [-0.25, -0.2) is 0 Å². The van der Waals surface area contributed by atoms with Crippen LogP contribution in [0.4, 0.5) is 0 Å². The van der Waals surface area contributed by atoms with Crippen LogP contribution in [-0.2, 0) is 0 Å². The number of rotatable bonds is 2. The normalized spacial score (nSPS) is 57.1. The lowest BCUT2D eigenvalue weighted by molar-refractivity contribution is -0.114. The van der Waals surface area contributed by atoms with Gasteiger partial charge in [-0.05, 0) is 55.3 Å². The van der Waals surface area contributed by atoms with Crippen molar-refractivity contribution >= 4 is 0 Å². The number of nitrogens with zero attached hydrogens (tertiary/aromatic N) is 1. The first-order chi connectivity index (χ1) is 7.03.